The van der Waals surface area contributed by atoms with Crippen molar-refractivity contribution >= 4 is 17.7 Å². The molecule has 1 aromatic carbocycles. The van der Waals surface area contributed by atoms with E-state index in [1.807, 2.05) is 55.4 Å². The Hall–Kier alpha value is -2.21. The fourth-order valence-corrected chi connectivity index (χ4v) is 3.32. The number of hydrogen-bond acceptors (Lipinski definition) is 6. The number of Topliss-reactive ketones (excluding diaryl/α,β-unsaturated/α-hetero) is 1. The Bertz CT molecular complexity index is 792. The Labute approximate surface area is 193 Å². The number of benzene rings is 1. The van der Waals surface area contributed by atoms with Crippen LogP contribution in [0, 0.1) is 23.7 Å². The van der Waals surface area contributed by atoms with Gasteiger partial charge in [-0.1, -0.05) is 41.5 Å². The quantitative estimate of drug-likeness (QED) is 0.277. The average Bonchev–Trinajstić information content (AvgIpc) is 2.65. The van der Waals surface area contributed by atoms with E-state index in [1.165, 1.54) is 12.1 Å². The van der Waals surface area contributed by atoms with E-state index in [1.54, 1.807) is 13.0 Å². The van der Waals surface area contributed by atoms with Crippen molar-refractivity contribution in [2.24, 2.45) is 23.7 Å². The van der Waals surface area contributed by atoms with Crippen molar-refractivity contribution in [3.8, 4) is 11.5 Å². The summed E-state index contributed by atoms with van der Waals surface area (Å²) in [4.78, 5) is 37.9. The lowest BCUT2D eigenvalue weighted by atomic mass is 9.99. The third-order valence-electron chi connectivity index (χ3n) is 4.92. The van der Waals surface area contributed by atoms with Crippen LogP contribution in [0.5, 0.6) is 11.5 Å². The molecule has 1 N–H and O–H groups in total. The molecule has 0 aliphatic carbocycles. The molecule has 6 heteroatoms. The van der Waals surface area contributed by atoms with Crippen molar-refractivity contribution in [2.75, 3.05) is 6.54 Å². The summed E-state index contributed by atoms with van der Waals surface area (Å²) >= 11 is 0. The summed E-state index contributed by atoms with van der Waals surface area (Å²) in [6.45, 7) is 17.8. The highest BCUT2D eigenvalue weighted by molar-refractivity contribution is 5.98. The van der Waals surface area contributed by atoms with E-state index in [4.69, 9.17) is 9.47 Å². The van der Waals surface area contributed by atoms with Gasteiger partial charge in [0.05, 0.1) is 18.4 Å². The molecule has 0 bridgehead atoms. The average molecular weight is 448 g/mol. The molecule has 32 heavy (non-hydrogen) atoms. The highest BCUT2D eigenvalue weighted by Gasteiger charge is 2.23. The first-order valence-corrected chi connectivity index (χ1v) is 11.5. The molecule has 0 heterocycles. The molecule has 1 rings (SSSR count). The number of carbonyl (C=O) groups is 3. The molecule has 0 aliphatic rings. The zero-order chi connectivity index (χ0) is 24.6. The minimum atomic E-state index is -0.413. The van der Waals surface area contributed by atoms with Gasteiger partial charge >= 0.3 is 11.9 Å². The van der Waals surface area contributed by atoms with Crippen molar-refractivity contribution < 1.29 is 23.9 Å². The molecule has 0 amide bonds. The number of ether oxygens (including phenoxy) is 2. The monoisotopic (exact) mass is 447 g/mol. The number of ketones is 1. The van der Waals surface area contributed by atoms with Crippen LogP contribution in [0.25, 0.3) is 0 Å². The first-order chi connectivity index (χ1) is 14.7. The van der Waals surface area contributed by atoms with Gasteiger partial charge in [-0.05, 0) is 63.6 Å². The third-order valence-corrected chi connectivity index (χ3v) is 4.92. The van der Waals surface area contributed by atoms with Gasteiger partial charge in [-0.3, -0.25) is 14.4 Å². The van der Waals surface area contributed by atoms with Gasteiger partial charge in [-0.2, -0.15) is 0 Å². The van der Waals surface area contributed by atoms with Crippen LogP contribution in [0.1, 0.15) is 85.5 Å². The summed E-state index contributed by atoms with van der Waals surface area (Å²) < 4.78 is 11.2. The van der Waals surface area contributed by atoms with Crippen molar-refractivity contribution in [3.05, 3.63) is 23.8 Å². The topological polar surface area (TPSA) is 81.7 Å². The maximum Gasteiger partial charge on any atom is 0.314 e. The Kier molecular flexibility index (Phi) is 10.6. The molecule has 0 aromatic heterocycles. The Morgan fingerprint density at radius 1 is 0.812 bits per heavy atom. The molecule has 2 unspecified atom stereocenters. The SMILES string of the molecule is CC(C)CC(C)C(=O)Oc1ccc(C(=O)CNC(C)(C)C)cc1OC(=O)C(C)CC(C)C. The van der Waals surface area contributed by atoms with Crippen molar-refractivity contribution in [2.45, 2.75) is 80.7 Å². The minimum Gasteiger partial charge on any atom is -0.422 e. The normalized spacial score (nSPS) is 13.7. The van der Waals surface area contributed by atoms with Gasteiger partial charge < -0.3 is 14.8 Å². The Balaban J connectivity index is 3.15. The zero-order valence-corrected chi connectivity index (χ0v) is 21.2. The maximum atomic E-state index is 12.7. The number of nitrogens with one attached hydrogen (secondary N) is 1. The van der Waals surface area contributed by atoms with Gasteiger partial charge in [0.25, 0.3) is 0 Å². The van der Waals surface area contributed by atoms with Gasteiger partial charge in [0.2, 0.25) is 0 Å². The molecule has 2 atom stereocenters. The summed E-state index contributed by atoms with van der Waals surface area (Å²) in [5.74, 6) is -0.628. The summed E-state index contributed by atoms with van der Waals surface area (Å²) in [7, 11) is 0. The maximum absolute atomic E-state index is 12.7. The molecule has 0 radical (unpaired) electrons. The smallest absolute Gasteiger partial charge is 0.314 e. The Morgan fingerprint density at radius 3 is 1.72 bits per heavy atom. The van der Waals surface area contributed by atoms with Crippen LogP contribution in [-0.2, 0) is 9.59 Å². The summed E-state index contributed by atoms with van der Waals surface area (Å²) in [6.07, 6.45) is 1.36. The molecule has 0 saturated carbocycles. The summed E-state index contributed by atoms with van der Waals surface area (Å²) in [6, 6.07) is 4.61. The van der Waals surface area contributed by atoms with Crippen LogP contribution in [0.3, 0.4) is 0 Å². The fourth-order valence-electron chi connectivity index (χ4n) is 3.32. The van der Waals surface area contributed by atoms with Gasteiger partial charge in [-0.15, -0.1) is 0 Å². The molecule has 0 spiro atoms. The number of rotatable bonds is 11. The third kappa shape index (κ3) is 9.94. The minimum absolute atomic E-state index is 0.0947. The lowest BCUT2D eigenvalue weighted by molar-refractivity contribution is -0.141. The van der Waals surface area contributed by atoms with Crippen LogP contribution >= 0.6 is 0 Å². The standard InChI is InChI=1S/C26H41NO5/c1-16(2)12-18(5)24(29)31-22-11-10-20(21(28)15-27-26(7,8)9)14-23(22)32-25(30)19(6)13-17(3)4/h10-11,14,16-19,27H,12-13,15H2,1-9H3. The largest absolute Gasteiger partial charge is 0.422 e. The van der Waals surface area contributed by atoms with E-state index < -0.39 is 5.97 Å². The molecule has 0 fully saturated rings. The van der Waals surface area contributed by atoms with Crippen LogP contribution in [0.4, 0.5) is 0 Å². The molecule has 0 saturated heterocycles. The van der Waals surface area contributed by atoms with Crippen molar-refractivity contribution in [1.29, 1.82) is 0 Å². The molecule has 6 nitrogen and oxygen atoms in total. The molecule has 180 valence electrons. The van der Waals surface area contributed by atoms with Crippen LogP contribution in [-0.4, -0.2) is 29.8 Å². The molecular formula is C26H41NO5. The number of hydrogen-bond donors (Lipinski definition) is 1. The molecular weight excluding hydrogens is 406 g/mol. The zero-order valence-electron chi connectivity index (χ0n) is 21.2. The predicted molar refractivity (Wildman–Crippen MR) is 127 cm³/mol. The first-order valence-electron chi connectivity index (χ1n) is 11.5. The highest BCUT2D eigenvalue weighted by Crippen LogP contribution is 2.31. The van der Waals surface area contributed by atoms with Gasteiger partial charge in [0.15, 0.2) is 17.3 Å². The van der Waals surface area contributed by atoms with E-state index in [-0.39, 0.29) is 47.2 Å². The van der Waals surface area contributed by atoms with Crippen molar-refractivity contribution in [1.82, 2.24) is 5.32 Å². The summed E-state index contributed by atoms with van der Waals surface area (Å²) in [5.41, 5.74) is 0.176. The van der Waals surface area contributed by atoms with E-state index in [9.17, 15) is 14.4 Å². The first kappa shape index (κ1) is 27.8. The second-order valence-electron chi connectivity index (χ2n) is 10.6. The molecule has 1 aromatic rings. The van der Waals surface area contributed by atoms with Crippen molar-refractivity contribution in [3.63, 3.8) is 0 Å². The lowest BCUT2D eigenvalue weighted by Crippen LogP contribution is -2.39. The number of esters is 2. The van der Waals surface area contributed by atoms with E-state index in [2.05, 4.69) is 5.32 Å². The van der Waals surface area contributed by atoms with Crippen LogP contribution in [0.15, 0.2) is 18.2 Å². The van der Waals surface area contributed by atoms with Crippen LogP contribution < -0.4 is 14.8 Å². The number of carbonyl (C=O) groups excluding carboxylic acids is 3. The van der Waals surface area contributed by atoms with Gasteiger partial charge in [0.1, 0.15) is 0 Å². The van der Waals surface area contributed by atoms with E-state index in [0.29, 0.717) is 30.2 Å². The van der Waals surface area contributed by atoms with Gasteiger partial charge in [-0.25, -0.2) is 0 Å². The fraction of sp³-hybridized carbons (Fsp3) is 0.654. The lowest BCUT2D eigenvalue weighted by Gasteiger charge is -2.20. The summed E-state index contributed by atoms with van der Waals surface area (Å²) in [5, 5.41) is 3.16. The van der Waals surface area contributed by atoms with Crippen LogP contribution in [0.2, 0.25) is 0 Å². The highest BCUT2D eigenvalue weighted by atomic mass is 16.6. The van der Waals surface area contributed by atoms with E-state index in [0.717, 1.165) is 0 Å². The van der Waals surface area contributed by atoms with Gasteiger partial charge in [0, 0.05) is 11.1 Å². The predicted octanol–water partition coefficient (Wildman–Crippen LogP) is 5.43. The van der Waals surface area contributed by atoms with E-state index >= 15 is 0 Å². The second-order valence-corrected chi connectivity index (χ2v) is 10.6. The Morgan fingerprint density at radius 2 is 1.28 bits per heavy atom. The molecule has 0 aliphatic heterocycles. The second kappa shape index (κ2) is 12.1.